The van der Waals surface area contributed by atoms with Gasteiger partial charge < -0.3 is 9.64 Å². The fourth-order valence-corrected chi connectivity index (χ4v) is 1.12. The predicted molar refractivity (Wildman–Crippen MR) is 58.0 cm³/mol. The van der Waals surface area contributed by atoms with E-state index in [9.17, 15) is 4.79 Å². The van der Waals surface area contributed by atoms with Crippen molar-refractivity contribution in [3.8, 4) is 0 Å². The van der Waals surface area contributed by atoms with E-state index in [0.29, 0.717) is 6.61 Å². The monoisotopic (exact) mass is 257 g/mol. The number of amides is 1. The highest BCUT2D eigenvalue weighted by Gasteiger charge is 2.04. The number of nitrogens with zero attached hydrogens (tertiary/aromatic N) is 1. The zero-order valence-electron chi connectivity index (χ0n) is 8.16. The Morgan fingerprint density at radius 2 is 1.93 bits per heavy atom. The minimum Gasteiger partial charge on any atom is -0.445 e. The van der Waals surface area contributed by atoms with Crippen molar-refractivity contribution in [3.63, 3.8) is 0 Å². The van der Waals surface area contributed by atoms with Gasteiger partial charge in [-0.3, -0.25) is 0 Å². The summed E-state index contributed by atoms with van der Waals surface area (Å²) in [5.41, 5.74) is 0.975. The molecular formula is C10H12BrNO2. The lowest BCUT2D eigenvalue weighted by Gasteiger charge is -2.10. The number of hydrogen-bond acceptors (Lipinski definition) is 2. The molecule has 1 aromatic carbocycles. The van der Waals surface area contributed by atoms with Gasteiger partial charge in [-0.25, -0.2) is 4.79 Å². The number of ether oxygens (including phenoxy) is 1. The first kappa shape index (κ1) is 11.0. The molecule has 0 saturated heterocycles. The minimum absolute atomic E-state index is 0.310. The lowest BCUT2D eigenvalue weighted by Crippen LogP contribution is -2.22. The molecule has 0 N–H and O–H groups in total. The van der Waals surface area contributed by atoms with Crippen LogP contribution in [0.15, 0.2) is 28.7 Å². The molecule has 0 aliphatic rings. The fraction of sp³-hybridized carbons (Fsp3) is 0.300. The van der Waals surface area contributed by atoms with Crippen LogP contribution in [0.3, 0.4) is 0 Å². The lowest BCUT2D eigenvalue weighted by molar-refractivity contribution is 0.112. The van der Waals surface area contributed by atoms with Gasteiger partial charge in [-0.2, -0.15) is 0 Å². The molecular weight excluding hydrogens is 246 g/mol. The van der Waals surface area contributed by atoms with E-state index in [2.05, 4.69) is 15.9 Å². The van der Waals surface area contributed by atoms with Crippen LogP contribution in [-0.4, -0.2) is 25.1 Å². The zero-order valence-corrected chi connectivity index (χ0v) is 9.74. The second-order valence-corrected chi connectivity index (χ2v) is 3.99. The van der Waals surface area contributed by atoms with Crippen molar-refractivity contribution in [2.45, 2.75) is 6.61 Å². The summed E-state index contributed by atoms with van der Waals surface area (Å²) >= 11 is 3.33. The molecule has 0 saturated carbocycles. The van der Waals surface area contributed by atoms with Crippen LogP contribution in [0.2, 0.25) is 0 Å². The van der Waals surface area contributed by atoms with Gasteiger partial charge in [0.15, 0.2) is 0 Å². The molecule has 76 valence electrons. The van der Waals surface area contributed by atoms with Crippen LogP contribution < -0.4 is 0 Å². The van der Waals surface area contributed by atoms with Crippen molar-refractivity contribution >= 4 is 22.0 Å². The topological polar surface area (TPSA) is 29.5 Å². The third kappa shape index (κ3) is 3.38. The summed E-state index contributed by atoms with van der Waals surface area (Å²) in [4.78, 5) is 12.5. The Hall–Kier alpha value is -1.03. The molecule has 1 rings (SSSR count). The molecule has 0 bridgehead atoms. The maximum absolute atomic E-state index is 11.1. The molecule has 1 aromatic rings. The maximum Gasteiger partial charge on any atom is 0.409 e. The molecule has 0 aromatic heterocycles. The van der Waals surface area contributed by atoms with E-state index in [0.717, 1.165) is 10.0 Å². The number of benzene rings is 1. The fourth-order valence-electron chi connectivity index (χ4n) is 0.855. The van der Waals surface area contributed by atoms with E-state index in [1.165, 1.54) is 4.90 Å². The molecule has 0 atom stereocenters. The number of carbonyl (C=O) groups excluding carboxylic acids is 1. The Balaban J connectivity index is 2.46. The van der Waals surface area contributed by atoms with Crippen LogP contribution in [0.5, 0.6) is 0 Å². The van der Waals surface area contributed by atoms with Crippen molar-refractivity contribution in [1.82, 2.24) is 4.90 Å². The molecule has 0 radical (unpaired) electrons. The summed E-state index contributed by atoms with van der Waals surface area (Å²) < 4.78 is 6.02. The molecule has 0 aliphatic heterocycles. The third-order valence-electron chi connectivity index (χ3n) is 1.64. The van der Waals surface area contributed by atoms with E-state index in [4.69, 9.17) is 4.74 Å². The molecule has 3 nitrogen and oxygen atoms in total. The average Bonchev–Trinajstić information content (AvgIpc) is 2.16. The summed E-state index contributed by atoms with van der Waals surface area (Å²) in [6, 6.07) is 7.65. The molecule has 0 fully saturated rings. The van der Waals surface area contributed by atoms with Gasteiger partial charge in [0.1, 0.15) is 6.61 Å². The molecule has 0 heterocycles. The Morgan fingerprint density at radius 3 is 2.43 bits per heavy atom. The molecule has 0 aliphatic carbocycles. The van der Waals surface area contributed by atoms with Gasteiger partial charge in [-0.15, -0.1) is 0 Å². The van der Waals surface area contributed by atoms with E-state index in [-0.39, 0.29) is 6.09 Å². The van der Waals surface area contributed by atoms with Gasteiger partial charge in [0.05, 0.1) is 0 Å². The van der Waals surface area contributed by atoms with Crippen LogP contribution >= 0.6 is 15.9 Å². The van der Waals surface area contributed by atoms with Crippen LogP contribution in [0.4, 0.5) is 4.79 Å². The Bertz CT molecular complexity index is 308. The minimum atomic E-state index is -0.326. The highest BCUT2D eigenvalue weighted by Crippen LogP contribution is 2.11. The van der Waals surface area contributed by atoms with Crippen LogP contribution in [0.25, 0.3) is 0 Å². The number of carbonyl (C=O) groups is 1. The SMILES string of the molecule is CN(C)C(=O)OCc1ccc(Br)cc1. The van der Waals surface area contributed by atoms with E-state index in [1.807, 2.05) is 24.3 Å². The Morgan fingerprint density at radius 1 is 1.36 bits per heavy atom. The predicted octanol–water partition coefficient (Wildman–Crippen LogP) is 2.65. The normalized spacial score (nSPS) is 9.64. The number of halogens is 1. The Kier molecular flexibility index (Phi) is 3.95. The largest absolute Gasteiger partial charge is 0.445 e. The molecule has 0 spiro atoms. The summed E-state index contributed by atoms with van der Waals surface area (Å²) in [5.74, 6) is 0. The summed E-state index contributed by atoms with van der Waals surface area (Å²) in [5, 5.41) is 0. The number of rotatable bonds is 2. The molecule has 14 heavy (non-hydrogen) atoms. The highest BCUT2D eigenvalue weighted by atomic mass is 79.9. The second kappa shape index (κ2) is 5.00. The first-order valence-electron chi connectivity index (χ1n) is 4.18. The van der Waals surface area contributed by atoms with Gasteiger partial charge in [0.2, 0.25) is 0 Å². The van der Waals surface area contributed by atoms with Gasteiger partial charge >= 0.3 is 6.09 Å². The highest BCUT2D eigenvalue weighted by molar-refractivity contribution is 9.10. The van der Waals surface area contributed by atoms with Gasteiger partial charge in [0, 0.05) is 18.6 Å². The maximum atomic E-state index is 11.1. The third-order valence-corrected chi connectivity index (χ3v) is 2.17. The standard InChI is InChI=1S/C10H12BrNO2/c1-12(2)10(13)14-7-8-3-5-9(11)6-4-8/h3-6H,7H2,1-2H3. The van der Waals surface area contributed by atoms with Crippen LogP contribution in [-0.2, 0) is 11.3 Å². The van der Waals surface area contributed by atoms with Gasteiger partial charge in [-0.1, -0.05) is 28.1 Å². The summed E-state index contributed by atoms with van der Waals surface area (Å²) in [7, 11) is 3.31. The van der Waals surface area contributed by atoms with Crippen molar-refractivity contribution in [2.24, 2.45) is 0 Å². The quantitative estimate of drug-likeness (QED) is 0.816. The second-order valence-electron chi connectivity index (χ2n) is 3.08. The molecule has 1 amide bonds. The molecule has 0 unspecified atom stereocenters. The van der Waals surface area contributed by atoms with E-state index >= 15 is 0 Å². The van der Waals surface area contributed by atoms with E-state index < -0.39 is 0 Å². The first-order valence-corrected chi connectivity index (χ1v) is 4.97. The van der Waals surface area contributed by atoms with Crippen molar-refractivity contribution in [2.75, 3.05) is 14.1 Å². The molecule has 4 heteroatoms. The Labute approximate surface area is 91.8 Å². The van der Waals surface area contributed by atoms with Crippen molar-refractivity contribution < 1.29 is 9.53 Å². The van der Waals surface area contributed by atoms with Crippen LogP contribution in [0.1, 0.15) is 5.56 Å². The van der Waals surface area contributed by atoms with Crippen molar-refractivity contribution in [3.05, 3.63) is 34.3 Å². The summed E-state index contributed by atoms with van der Waals surface area (Å²) in [6.07, 6.45) is -0.326. The average molecular weight is 258 g/mol. The number of hydrogen-bond donors (Lipinski definition) is 0. The van der Waals surface area contributed by atoms with Gasteiger partial charge in [0.25, 0.3) is 0 Å². The van der Waals surface area contributed by atoms with E-state index in [1.54, 1.807) is 14.1 Å². The van der Waals surface area contributed by atoms with Gasteiger partial charge in [-0.05, 0) is 17.7 Å². The summed E-state index contributed by atoms with van der Waals surface area (Å²) in [6.45, 7) is 0.310. The first-order chi connectivity index (χ1) is 6.59. The smallest absolute Gasteiger partial charge is 0.409 e. The zero-order chi connectivity index (χ0) is 10.6. The van der Waals surface area contributed by atoms with Crippen molar-refractivity contribution in [1.29, 1.82) is 0 Å². The van der Waals surface area contributed by atoms with Crippen LogP contribution in [0, 0.1) is 0 Å². The lowest BCUT2D eigenvalue weighted by atomic mass is 10.2.